The van der Waals surface area contributed by atoms with Gasteiger partial charge in [-0.25, -0.2) is 4.39 Å². The Bertz CT molecular complexity index is 524. The highest BCUT2D eigenvalue weighted by Crippen LogP contribution is 2.30. The topological polar surface area (TPSA) is 36.3 Å². The average molecular weight is 276 g/mol. The molecule has 1 aromatic carbocycles. The zero-order valence-corrected chi connectivity index (χ0v) is 12.3. The second-order valence-corrected chi connectivity index (χ2v) is 5.22. The predicted octanol–water partition coefficient (Wildman–Crippen LogP) is 3.18. The van der Waals surface area contributed by atoms with Crippen molar-refractivity contribution in [2.45, 2.75) is 39.3 Å². The van der Waals surface area contributed by atoms with E-state index in [2.05, 4.69) is 18.7 Å². The third kappa shape index (κ3) is 2.70. The molecule has 0 amide bonds. The SMILES string of the molecule is CC[C@@H]1CO[C@H](c2ccc(F)c(C#N)c2C)CN1CC. The van der Waals surface area contributed by atoms with Crippen LogP contribution in [0.25, 0.3) is 0 Å². The summed E-state index contributed by atoms with van der Waals surface area (Å²) in [6, 6.07) is 5.51. The minimum atomic E-state index is -0.455. The third-order valence-corrected chi connectivity index (χ3v) is 4.20. The van der Waals surface area contributed by atoms with Crippen molar-refractivity contribution in [3.8, 4) is 6.07 Å². The number of hydrogen-bond donors (Lipinski definition) is 0. The van der Waals surface area contributed by atoms with E-state index in [1.807, 2.05) is 6.07 Å². The molecule has 3 nitrogen and oxygen atoms in total. The minimum Gasteiger partial charge on any atom is -0.371 e. The lowest BCUT2D eigenvalue weighted by molar-refractivity contribution is -0.0644. The molecule has 1 aliphatic heterocycles. The van der Waals surface area contributed by atoms with E-state index in [1.54, 1.807) is 13.0 Å². The van der Waals surface area contributed by atoms with Crippen LogP contribution in [0.4, 0.5) is 4.39 Å². The molecule has 1 aliphatic rings. The monoisotopic (exact) mass is 276 g/mol. The molecule has 4 heteroatoms. The average Bonchev–Trinajstić information content (AvgIpc) is 2.47. The summed E-state index contributed by atoms with van der Waals surface area (Å²) >= 11 is 0. The smallest absolute Gasteiger partial charge is 0.141 e. The molecular formula is C16H21FN2O. The van der Waals surface area contributed by atoms with Crippen molar-refractivity contribution < 1.29 is 9.13 Å². The molecule has 0 aromatic heterocycles. The van der Waals surface area contributed by atoms with Gasteiger partial charge >= 0.3 is 0 Å². The first-order chi connectivity index (χ1) is 9.62. The van der Waals surface area contributed by atoms with Gasteiger partial charge in [-0.3, -0.25) is 4.90 Å². The zero-order valence-electron chi connectivity index (χ0n) is 12.3. The number of morpholine rings is 1. The Hall–Kier alpha value is -1.44. The molecule has 0 bridgehead atoms. The number of ether oxygens (including phenoxy) is 1. The predicted molar refractivity (Wildman–Crippen MR) is 75.9 cm³/mol. The number of likely N-dealkylation sites (N-methyl/N-ethyl adjacent to an activating group) is 1. The standard InChI is InChI=1S/C16H21FN2O/c1-4-12-10-20-16(9-19(12)5-2)13-6-7-15(17)14(8-18)11(13)3/h6-7,12,16H,4-5,9-10H2,1-3H3/t12-,16+/m1/s1. The molecule has 0 saturated carbocycles. The van der Waals surface area contributed by atoms with Crippen LogP contribution in [0.1, 0.15) is 43.1 Å². The van der Waals surface area contributed by atoms with Crippen LogP contribution in [-0.2, 0) is 4.74 Å². The van der Waals surface area contributed by atoms with Crippen LogP contribution in [0.15, 0.2) is 12.1 Å². The molecule has 0 aliphatic carbocycles. The van der Waals surface area contributed by atoms with Crippen LogP contribution in [0.5, 0.6) is 0 Å². The first-order valence-corrected chi connectivity index (χ1v) is 7.17. The van der Waals surface area contributed by atoms with E-state index in [9.17, 15) is 4.39 Å². The summed E-state index contributed by atoms with van der Waals surface area (Å²) in [6.45, 7) is 8.56. The summed E-state index contributed by atoms with van der Waals surface area (Å²) < 4.78 is 19.5. The van der Waals surface area contributed by atoms with Gasteiger partial charge in [0.2, 0.25) is 0 Å². The number of halogens is 1. The first-order valence-electron chi connectivity index (χ1n) is 7.17. The third-order valence-electron chi connectivity index (χ3n) is 4.20. The molecule has 0 unspecified atom stereocenters. The number of benzene rings is 1. The lowest BCUT2D eigenvalue weighted by atomic mass is 9.96. The Labute approximate surface area is 120 Å². The molecule has 20 heavy (non-hydrogen) atoms. The van der Waals surface area contributed by atoms with Crippen LogP contribution < -0.4 is 0 Å². The second-order valence-electron chi connectivity index (χ2n) is 5.22. The van der Waals surface area contributed by atoms with Crippen molar-refractivity contribution in [1.29, 1.82) is 5.26 Å². The van der Waals surface area contributed by atoms with E-state index in [4.69, 9.17) is 10.00 Å². The maximum absolute atomic E-state index is 13.6. The Balaban J connectivity index is 2.27. The quantitative estimate of drug-likeness (QED) is 0.850. The Morgan fingerprint density at radius 1 is 1.45 bits per heavy atom. The van der Waals surface area contributed by atoms with Crippen molar-refractivity contribution in [2.75, 3.05) is 19.7 Å². The Morgan fingerprint density at radius 2 is 2.20 bits per heavy atom. The second kappa shape index (κ2) is 6.34. The highest BCUT2D eigenvalue weighted by Gasteiger charge is 2.29. The Morgan fingerprint density at radius 3 is 2.80 bits per heavy atom. The molecule has 1 fully saturated rings. The molecule has 2 rings (SSSR count). The minimum absolute atomic E-state index is 0.0783. The normalized spacial score (nSPS) is 23.6. The molecule has 108 valence electrons. The van der Waals surface area contributed by atoms with Gasteiger partial charge in [-0.1, -0.05) is 19.9 Å². The lowest BCUT2D eigenvalue weighted by Gasteiger charge is -2.39. The van der Waals surface area contributed by atoms with E-state index in [0.717, 1.165) is 25.1 Å². The molecular weight excluding hydrogens is 255 g/mol. The first kappa shape index (κ1) is 15.0. The van der Waals surface area contributed by atoms with Crippen LogP contribution in [0.2, 0.25) is 0 Å². The van der Waals surface area contributed by atoms with Gasteiger partial charge in [0.05, 0.1) is 18.3 Å². The summed E-state index contributed by atoms with van der Waals surface area (Å²) in [6.07, 6.45) is 0.984. The highest BCUT2D eigenvalue weighted by molar-refractivity contribution is 5.44. The summed E-state index contributed by atoms with van der Waals surface area (Å²) in [5, 5.41) is 9.06. The fraction of sp³-hybridized carbons (Fsp3) is 0.562. The fourth-order valence-corrected chi connectivity index (χ4v) is 2.88. The van der Waals surface area contributed by atoms with Crippen molar-refractivity contribution >= 4 is 0 Å². The van der Waals surface area contributed by atoms with E-state index in [-0.39, 0.29) is 11.7 Å². The van der Waals surface area contributed by atoms with Crippen LogP contribution >= 0.6 is 0 Å². The summed E-state index contributed by atoms with van der Waals surface area (Å²) in [4.78, 5) is 2.39. The number of rotatable bonds is 3. The van der Waals surface area contributed by atoms with Crippen molar-refractivity contribution in [3.05, 3.63) is 34.6 Å². The van der Waals surface area contributed by atoms with Crippen LogP contribution in [0, 0.1) is 24.1 Å². The molecule has 0 spiro atoms. The van der Waals surface area contributed by atoms with Crippen LogP contribution in [0.3, 0.4) is 0 Å². The lowest BCUT2D eigenvalue weighted by Crippen LogP contribution is -2.46. The van der Waals surface area contributed by atoms with E-state index < -0.39 is 5.82 Å². The van der Waals surface area contributed by atoms with Gasteiger partial charge in [0.15, 0.2) is 0 Å². The summed E-state index contributed by atoms with van der Waals surface area (Å²) in [5.41, 5.74) is 1.76. The molecule has 1 aromatic rings. The zero-order chi connectivity index (χ0) is 14.7. The van der Waals surface area contributed by atoms with Gasteiger partial charge in [0.25, 0.3) is 0 Å². The van der Waals surface area contributed by atoms with Gasteiger partial charge in [-0.15, -0.1) is 0 Å². The highest BCUT2D eigenvalue weighted by atomic mass is 19.1. The van der Waals surface area contributed by atoms with Gasteiger partial charge in [0.1, 0.15) is 11.9 Å². The van der Waals surface area contributed by atoms with E-state index in [1.165, 1.54) is 6.07 Å². The van der Waals surface area contributed by atoms with Crippen molar-refractivity contribution in [1.82, 2.24) is 4.90 Å². The molecule has 1 saturated heterocycles. The fourth-order valence-electron chi connectivity index (χ4n) is 2.88. The maximum atomic E-state index is 13.6. The van der Waals surface area contributed by atoms with Crippen molar-refractivity contribution in [3.63, 3.8) is 0 Å². The van der Waals surface area contributed by atoms with Gasteiger partial charge in [-0.2, -0.15) is 5.26 Å². The van der Waals surface area contributed by atoms with E-state index >= 15 is 0 Å². The molecule has 0 radical (unpaired) electrons. The van der Waals surface area contributed by atoms with Crippen LogP contribution in [-0.4, -0.2) is 30.6 Å². The Kier molecular flexibility index (Phi) is 4.74. The number of nitrogens with zero attached hydrogens (tertiary/aromatic N) is 2. The number of hydrogen-bond acceptors (Lipinski definition) is 3. The van der Waals surface area contributed by atoms with Gasteiger partial charge in [-0.05, 0) is 37.1 Å². The molecule has 2 atom stereocenters. The molecule has 1 heterocycles. The summed E-state index contributed by atoms with van der Waals surface area (Å²) in [7, 11) is 0. The largest absolute Gasteiger partial charge is 0.371 e. The number of nitriles is 1. The summed E-state index contributed by atoms with van der Waals surface area (Å²) in [5.74, 6) is -0.455. The maximum Gasteiger partial charge on any atom is 0.141 e. The molecule has 0 N–H and O–H groups in total. The van der Waals surface area contributed by atoms with Crippen molar-refractivity contribution in [2.24, 2.45) is 0 Å². The van der Waals surface area contributed by atoms with Gasteiger partial charge in [0, 0.05) is 12.6 Å². The van der Waals surface area contributed by atoms with E-state index in [0.29, 0.717) is 18.2 Å². The van der Waals surface area contributed by atoms with Gasteiger partial charge < -0.3 is 4.74 Å².